The molecule has 2 rings (SSSR count). The predicted molar refractivity (Wildman–Crippen MR) is 103 cm³/mol. The maximum Gasteiger partial charge on any atom is 0.259 e. The summed E-state index contributed by atoms with van der Waals surface area (Å²) in [5, 5.41) is 5.65. The van der Waals surface area contributed by atoms with E-state index in [4.69, 9.17) is 4.74 Å². The summed E-state index contributed by atoms with van der Waals surface area (Å²) in [6.07, 6.45) is 0. The average molecular weight is 405 g/mol. The molecule has 0 bridgehead atoms. The van der Waals surface area contributed by atoms with Crippen LogP contribution in [0, 0.1) is 12.8 Å². The highest BCUT2D eigenvalue weighted by atomic mass is 79.9. The lowest BCUT2D eigenvalue weighted by Crippen LogP contribution is -2.18. The molecule has 5 nitrogen and oxygen atoms in total. The van der Waals surface area contributed by atoms with E-state index in [0.29, 0.717) is 22.7 Å². The Bertz CT molecular complexity index is 803. The molecule has 0 aromatic heterocycles. The molecule has 0 heterocycles. The molecule has 2 aromatic carbocycles. The summed E-state index contributed by atoms with van der Waals surface area (Å²) in [7, 11) is 1.54. The van der Waals surface area contributed by atoms with Crippen LogP contribution in [0.4, 0.5) is 11.4 Å². The van der Waals surface area contributed by atoms with Gasteiger partial charge in [-0.3, -0.25) is 9.59 Å². The molecule has 0 fully saturated rings. The molecule has 6 heteroatoms. The number of hydrogen-bond donors (Lipinski definition) is 2. The lowest BCUT2D eigenvalue weighted by atomic mass is 10.1. The van der Waals surface area contributed by atoms with Gasteiger partial charge in [-0.05, 0) is 42.8 Å². The Balaban J connectivity index is 2.23. The van der Waals surface area contributed by atoms with Crippen LogP contribution >= 0.6 is 15.9 Å². The van der Waals surface area contributed by atoms with E-state index in [9.17, 15) is 9.59 Å². The Labute approximate surface area is 155 Å². The Hall–Kier alpha value is -2.34. The molecule has 0 atom stereocenters. The highest BCUT2D eigenvalue weighted by molar-refractivity contribution is 9.10. The molecule has 2 N–H and O–H groups in total. The summed E-state index contributed by atoms with van der Waals surface area (Å²) in [6, 6.07) is 10.6. The van der Waals surface area contributed by atoms with E-state index in [1.54, 1.807) is 30.3 Å². The zero-order chi connectivity index (χ0) is 18.6. The number of ether oxygens (including phenoxy) is 1. The molecular weight excluding hydrogens is 384 g/mol. The van der Waals surface area contributed by atoms with Crippen molar-refractivity contribution in [2.75, 3.05) is 17.7 Å². The van der Waals surface area contributed by atoms with E-state index in [1.807, 2.05) is 26.8 Å². The normalized spacial score (nSPS) is 10.5. The lowest BCUT2D eigenvalue weighted by molar-refractivity contribution is -0.118. The van der Waals surface area contributed by atoms with E-state index in [-0.39, 0.29) is 17.7 Å². The second kappa shape index (κ2) is 8.16. The summed E-state index contributed by atoms with van der Waals surface area (Å²) in [4.78, 5) is 24.4. The fraction of sp³-hybridized carbons (Fsp3) is 0.263. The van der Waals surface area contributed by atoms with Gasteiger partial charge in [0.2, 0.25) is 5.91 Å². The molecule has 0 aliphatic heterocycles. The van der Waals surface area contributed by atoms with Gasteiger partial charge >= 0.3 is 0 Å². The largest absolute Gasteiger partial charge is 0.496 e. The van der Waals surface area contributed by atoms with Crippen molar-refractivity contribution in [2.24, 2.45) is 5.92 Å². The van der Waals surface area contributed by atoms with Crippen LogP contribution in [0.15, 0.2) is 40.9 Å². The fourth-order valence-electron chi connectivity index (χ4n) is 2.33. The second-order valence-electron chi connectivity index (χ2n) is 5.98. The highest BCUT2D eigenvalue weighted by Gasteiger charge is 2.16. The fourth-order valence-corrected chi connectivity index (χ4v) is 2.90. The smallest absolute Gasteiger partial charge is 0.259 e. The van der Waals surface area contributed by atoms with Gasteiger partial charge in [0.05, 0.1) is 12.7 Å². The molecule has 0 unspecified atom stereocenters. The molecule has 2 amide bonds. The number of rotatable bonds is 5. The summed E-state index contributed by atoms with van der Waals surface area (Å²) < 4.78 is 6.15. The van der Waals surface area contributed by atoms with Crippen LogP contribution in [0.5, 0.6) is 5.75 Å². The van der Waals surface area contributed by atoms with Crippen molar-refractivity contribution in [1.82, 2.24) is 0 Å². The second-order valence-corrected chi connectivity index (χ2v) is 6.90. The Kier molecular flexibility index (Phi) is 6.20. The van der Waals surface area contributed by atoms with Crippen molar-refractivity contribution in [2.45, 2.75) is 20.8 Å². The van der Waals surface area contributed by atoms with Gasteiger partial charge in [0, 0.05) is 21.8 Å². The SMILES string of the molecule is COc1c(C)cc(Br)cc1C(=O)Nc1cccc(NC(=O)C(C)C)c1. The average Bonchev–Trinajstić information content (AvgIpc) is 2.54. The van der Waals surface area contributed by atoms with Crippen molar-refractivity contribution in [3.8, 4) is 5.75 Å². The number of aryl methyl sites for hydroxylation is 1. The van der Waals surface area contributed by atoms with E-state index in [0.717, 1.165) is 10.0 Å². The first-order valence-corrected chi connectivity index (χ1v) is 8.67. The number of carbonyl (C=O) groups excluding carboxylic acids is 2. The Morgan fingerprint density at radius 3 is 2.32 bits per heavy atom. The molecule has 2 aromatic rings. The molecule has 0 radical (unpaired) electrons. The van der Waals surface area contributed by atoms with Crippen LogP contribution in [-0.2, 0) is 4.79 Å². The maximum atomic E-state index is 12.6. The number of halogens is 1. The van der Waals surface area contributed by atoms with Crippen LogP contribution in [0.1, 0.15) is 29.8 Å². The number of anilines is 2. The van der Waals surface area contributed by atoms with Crippen molar-refractivity contribution < 1.29 is 14.3 Å². The summed E-state index contributed by atoms with van der Waals surface area (Å²) in [5.74, 6) is 0.0541. The first kappa shape index (κ1) is 19.0. The monoisotopic (exact) mass is 404 g/mol. The van der Waals surface area contributed by atoms with Crippen LogP contribution in [0.25, 0.3) is 0 Å². The Morgan fingerprint density at radius 2 is 1.72 bits per heavy atom. The first-order chi connectivity index (χ1) is 11.8. The molecule has 0 saturated carbocycles. The van der Waals surface area contributed by atoms with Crippen molar-refractivity contribution in [1.29, 1.82) is 0 Å². The number of carbonyl (C=O) groups is 2. The van der Waals surface area contributed by atoms with E-state index in [1.165, 1.54) is 7.11 Å². The highest BCUT2D eigenvalue weighted by Crippen LogP contribution is 2.28. The summed E-state index contributed by atoms with van der Waals surface area (Å²) in [5.41, 5.74) is 2.52. The van der Waals surface area contributed by atoms with Crippen LogP contribution in [0.3, 0.4) is 0 Å². The van der Waals surface area contributed by atoms with Gasteiger partial charge < -0.3 is 15.4 Å². The minimum Gasteiger partial charge on any atom is -0.496 e. The third-order valence-electron chi connectivity index (χ3n) is 3.60. The first-order valence-electron chi connectivity index (χ1n) is 7.88. The quantitative estimate of drug-likeness (QED) is 0.763. The zero-order valence-corrected chi connectivity index (χ0v) is 16.2. The van der Waals surface area contributed by atoms with Gasteiger partial charge in [0.15, 0.2) is 0 Å². The van der Waals surface area contributed by atoms with Gasteiger partial charge in [0.1, 0.15) is 5.75 Å². The van der Waals surface area contributed by atoms with Gasteiger partial charge in [-0.2, -0.15) is 0 Å². The zero-order valence-electron chi connectivity index (χ0n) is 14.6. The predicted octanol–water partition coefficient (Wildman–Crippen LogP) is 4.61. The van der Waals surface area contributed by atoms with Gasteiger partial charge in [-0.1, -0.05) is 35.8 Å². The van der Waals surface area contributed by atoms with Gasteiger partial charge in [0.25, 0.3) is 5.91 Å². The minimum absolute atomic E-state index is 0.0761. The topological polar surface area (TPSA) is 67.4 Å². The number of nitrogens with one attached hydrogen (secondary N) is 2. The molecule has 132 valence electrons. The van der Waals surface area contributed by atoms with Crippen LogP contribution in [-0.4, -0.2) is 18.9 Å². The summed E-state index contributed by atoms with van der Waals surface area (Å²) >= 11 is 3.40. The number of benzene rings is 2. The Morgan fingerprint density at radius 1 is 1.08 bits per heavy atom. The third kappa shape index (κ3) is 4.82. The summed E-state index contributed by atoms with van der Waals surface area (Å²) in [6.45, 7) is 5.52. The molecular formula is C19H21BrN2O3. The molecule has 0 aliphatic carbocycles. The minimum atomic E-state index is -0.284. The van der Waals surface area contributed by atoms with Crippen LogP contribution < -0.4 is 15.4 Å². The van der Waals surface area contributed by atoms with Crippen molar-refractivity contribution in [3.63, 3.8) is 0 Å². The number of amides is 2. The van der Waals surface area contributed by atoms with Crippen molar-refractivity contribution >= 4 is 39.1 Å². The van der Waals surface area contributed by atoms with E-state index >= 15 is 0 Å². The maximum absolute atomic E-state index is 12.6. The number of methoxy groups -OCH3 is 1. The number of hydrogen-bond acceptors (Lipinski definition) is 3. The molecule has 0 spiro atoms. The van der Waals surface area contributed by atoms with Crippen molar-refractivity contribution in [3.05, 3.63) is 52.0 Å². The standard InChI is InChI=1S/C19H21BrN2O3/c1-11(2)18(23)21-14-6-5-7-15(10-14)22-19(24)16-9-13(20)8-12(3)17(16)25-4/h5-11H,1-4H3,(H,21,23)(H,22,24). The van der Waals surface area contributed by atoms with E-state index < -0.39 is 0 Å². The van der Waals surface area contributed by atoms with E-state index in [2.05, 4.69) is 26.6 Å². The lowest BCUT2D eigenvalue weighted by Gasteiger charge is -2.13. The molecule has 0 saturated heterocycles. The van der Waals surface area contributed by atoms with Gasteiger partial charge in [-0.25, -0.2) is 0 Å². The molecule has 25 heavy (non-hydrogen) atoms. The molecule has 0 aliphatic rings. The third-order valence-corrected chi connectivity index (χ3v) is 4.06. The van der Waals surface area contributed by atoms with Crippen LogP contribution in [0.2, 0.25) is 0 Å². The van der Waals surface area contributed by atoms with Gasteiger partial charge in [-0.15, -0.1) is 0 Å².